The summed E-state index contributed by atoms with van der Waals surface area (Å²) in [7, 11) is -3.24. The molecule has 1 aliphatic heterocycles. The van der Waals surface area contributed by atoms with Crippen molar-refractivity contribution in [2.45, 2.75) is 38.9 Å². The number of aromatic nitrogens is 3. The van der Waals surface area contributed by atoms with Crippen LogP contribution in [0.1, 0.15) is 30.3 Å². The minimum absolute atomic E-state index is 0.0464. The van der Waals surface area contributed by atoms with Crippen molar-refractivity contribution in [1.82, 2.24) is 19.3 Å². The van der Waals surface area contributed by atoms with Gasteiger partial charge in [0.15, 0.2) is 0 Å². The highest BCUT2D eigenvalue weighted by molar-refractivity contribution is 7.89. The number of hydrogen-bond donors (Lipinski definition) is 1. The summed E-state index contributed by atoms with van der Waals surface area (Å²) >= 11 is 1.13. The molecule has 3 heterocycles. The number of hydrogen-bond acceptors (Lipinski definition) is 7. The summed E-state index contributed by atoms with van der Waals surface area (Å²) in [5.41, 5.74) is -1.12. The Morgan fingerprint density at radius 2 is 1.93 bits per heavy atom. The Balaban J connectivity index is 1.79. The molecule has 12 heteroatoms. The molecule has 0 aromatic carbocycles. The van der Waals surface area contributed by atoms with Crippen molar-refractivity contribution in [3.63, 3.8) is 0 Å². The van der Waals surface area contributed by atoms with Crippen molar-refractivity contribution in [3.05, 3.63) is 23.0 Å². The normalized spacial score (nSPS) is 17.0. The average molecular weight is 435 g/mol. The van der Waals surface area contributed by atoms with Gasteiger partial charge < -0.3 is 5.32 Å². The lowest BCUT2D eigenvalue weighted by Crippen LogP contribution is -2.43. The summed E-state index contributed by atoms with van der Waals surface area (Å²) in [6, 6.07) is -0.115. The summed E-state index contributed by atoms with van der Waals surface area (Å²) in [5.74, 6) is 0.135. The number of thiazole rings is 1. The van der Waals surface area contributed by atoms with Gasteiger partial charge in [0.2, 0.25) is 16.0 Å². The van der Waals surface area contributed by atoms with Crippen LogP contribution in [0, 0.1) is 6.92 Å². The lowest BCUT2D eigenvalue weighted by Gasteiger charge is -2.31. The SMILES string of the molecule is CCS(=O)(=O)N1CCC(Nc2ncc(C(F)(F)F)c(-c3cnc(C)s3)n2)CC1. The van der Waals surface area contributed by atoms with Crippen LogP contribution < -0.4 is 5.32 Å². The second kappa shape index (κ2) is 7.91. The van der Waals surface area contributed by atoms with Crippen molar-refractivity contribution >= 4 is 27.3 Å². The van der Waals surface area contributed by atoms with Gasteiger partial charge in [-0.05, 0) is 26.7 Å². The first-order valence-corrected chi connectivity index (χ1v) is 11.1. The van der Waals surface area contributed by atoms with Gasteiger partial charge in [-0.25, -0.2) is 27.7 Å². The smallest absolute Gasteiger partial charge is 0.351 e. The van der Waals surface area contributed by atoms with E-state index in [1.807, 2.05) is 0 Å². The summed E-state index contributed by atoms with van der Waals surface area (Å²) < 4.78 is 65.3. The van der Waals surface area contributed by atoms with E-state index in [9.17, 15) is 21.6 Å². The van der Waals surface area contributed by atoms with E-state index in [0.717, 1.165) is 17.5 Å². The standard InChI is InChI=1S/C16H20F3N5O2S2/c1-3-28(25,26)24-6-4-11(5-7-24)22-15-21-8-12(16(17,18)19)14(23-15)13-9-20-10(2)27-13/h8-9,11H,3-7H2,1-2H3,(H,21,22,23). The lowest BCUT2D eigenvalue weighted by molar-refractivity contribution is -0.137. The predicted octanol–water partition coefficient (Wildman–Crippen LogP) is 3.15. The molecule has 154 valence electrons. The van der Waals surface area contributed by atoms with Gasteiger partial charge in [0, 0.05) is 31.5 Å². The molecule has 1 saturated heterocycles. The highest BCUT2D eigenvalue weighted by Crippen LogP contribution is 2.38. The van der Waals surface area contributed by atoms with Gasteiger partial charge in [-0.2, -0.15) is 13.2 Å². The molecule has 7 nitrogen and oxygen atoms in total. The van der Waals surface area contributed by atoms with E-state index in [4.69, 9.17) is 0 Å². The van der Waals surface area contributed by atoms with E-state index < -0.39 is 21.8 Å². The van der Waals surface area contributed by atoms with E-state index in [1.165, 1.54) is 10.5 Å². The van der Waals surface area contributed by atoms with Gasteiger partial charge in [0.25, 0.3) is 0 Å². The first kappa shape index (κ1) is 20.9. The van der Waals surface area contributed by atoms with Gasteiger partial charge in [-0.15, -0.1) is 11.3 Å². The van der Waals surface area contributed by atoms with Crippen LogP contribution in [0.25, 0.3) is 10.6 Å². The Kier molecular flexibility index (Phi) is 5.92. The second-order valence-electron chi connectivity index (χ2n) is 6.42. The van der Waals surface area contributed by atoms with Crippen molar-refractivity contribution in [3.8, 4) is 10.6 Å². The van der Waals surface area contributed by atoms with Gasteiger partial charge in [-0.1, -0.05) is 0 Å². The van der Waals surface area contributed by atoms with Gasteiger partial charge in [-0.3, -0.25) is 0 Å². The van der Waals surface area contributed by atoms with Crippen LogP contribution in [-0.4, -0.2) is 52.6 Å². The molecule has 0 saturated carbocycles. The van der Waals surface area contributed by atoms with E-state index in [-0.39, 0.29) is 23.4 Å². The third kappa shape index (κ3) is 4.61. The number of sulfonamides is 1. The summed E-state index contributed by atoms with van der Waals surface area (Å²) in [5, 5.41) is 3.68. The average Bonchev–Trinajstić information content (AvgIpc) is 3.07. The summed E-state index contributed by atoms with van der Waals surface area (Å²) in [4.78, 5) is 12.3. The minimum Gasteiger partial charge on any atom is -0.351 e. The topological polar surface area (TPSA) is 88.1 Å². The van der Waals surface area contributed by atoms with Crippen molar-refractivity contribution < 1.29 is 21.6 Å². The molecule has 2 aromatic heterocycles. The molecule has 1 aliphatic rings. The zero-order chi connectivity index (χ0) is 20.5. The Bertz CT molecular complexity index is 938. The molecule has 0 aliphatic carbocycles. The van der Waals surface area contributed by atoms with Crippen LogP contribution in [0.2, 0.25) is 0 Å². The molecule has 2 aromatic rings. The first-order valence-electron chi connectivity index (χ1n) is 8.71. The number of halogens is 3. The van der Waals surface area contributed by atoms with Crippen LogP contribution >= 0.6 is 11.3 Å². The molecule has 0 amide bonds. The lowest BCUT2D eigenvalue weighted by atomic mass is 10.1. The minimum atomic E-state index is -4.58. The number of piperidine rings is 1. The monoisotopic (exact) mass is 435 g/mol. The number of nitrogens with zero attached hydrogens (tertiary/aromatic N) is 4. The van der Waals surface area contributed by atoms with Gasteiger partial charge in [0.1, 0.15) is 5.56 Å². The highest BCUT2D eigenvalue weighted by atomic mass is 32.2. The van der Waals surface area contributed by atoms with E-state index in [2.05, 4.69) is 20.3 Å². The largest absolute Gasteiger partial charge is 0.420 e. The maximum absolute atomic E-state index is 13.3. The Labute approximate surface area is 165 Å². The van der Waals surface area contributed by atoms with Crippen LogP contribution in [0.3, 0.4) is 0 Å². The predicted molar refractivity (Wildman–Crippen MR) is 101 cm³/mol. The molecule has 3 rings (SSSR count). The molecule has 1 N–H and O–H groups in total. The molecule has 0 spiro atoms. The van der Waals surface area contributed by atoms with Crippen molar-refractivity contribution in [2.75, 3.05) is 24.2 Å². The molecule has 1 fully saturated rings. The van der Waals surface area contributed by atoms with Crippen molar-refractivity contribution in [2.24, 2.45) is 0 Å². The fourth-order valence-electron chi connectivity index (χ4n) is 2.96. The fourth-order valence-corrected chi connectivity index (χ4v) is 4.87. The van der Waals surface area contributed by atoms with E-state index >= 15 is 0 Å². The van der Waals surface area contributed by atoms with Crippen LogP contribution in [0.5, 0.6) is 0 Å². The number of alkyl halides is 3. The van der Waals surface area contributed by atoms with E-state index in [1.54, 1.807) is 13.8 Å². The first-order chi connectivity index (χ1) is 13.1. The van der Waals surface area contributed by atoms with Gasteiger partial charge >= 0.3 is 6.18 Å². The van der Waals surface area contributed by atoms with Crippen LogP contribution in [0.15, 0.2) is 12.4 Å². The number of aryl methyl sites for hydroxylation is 1. The quantitative estimate of drug-likeness (QED) is 0.776. The maximum Gasteiger partial charge on any atom is 0.420 e. The molecule has 0 radical (unpaired) electrons. The molecule has 28 heavy (non-hydrogen) atoms. The second-order valence-corrected chi connectivity index (χ2v) is 9.91. The zero-order valence-corrected chi connectivity index (χ0v) is 17.0. The summed E-state index contributed by atoms with van der Waals surface area (Å²) in [6.07, 6.45) is -1.38. The third-order valence-electron chi connectivity index (χ3n) is 4.49. The summed E-state index contributed by atoms with van der Waals surface area (Å²) in [6.45, 7) is 4.02. The molecular weight excluding hydrogens is 415 g/mol. The van der Waals surface area contributed by atoms with Crippen molar-refractivity contribution in [1.29, 1.82) is 0 Å². The molecular formula is C16H20F3N5O2S2. The van der Waals surface area contributed by atoms with Crippen LogP contribution in [-0.2, 0) is 16.2 Å². The molecule has 0 unspecified atom stereocenters. The van der Waals surface area contributed by atoms with E-state index in [0.29, 0.717) is 35.8 Å². The highest BCUT2D eigenvalue weighted by Gasteiger charge is 2.36. The number of nitrogens with one attached hydrogen (secondary N) is 1. The maximum atomic E-state index is 13.3. The number of anilines is 1. The Morgan fingerprint density at radius 1 is 1.25 bits per heavy atom. The number of rotatable bonds is 5. The molecule has 0 atom stereocenters. The molecule has 0 bridgehead atoms. The zero-order valence-electron chi connectivity index (χ0n) is 15.3. The third-order valence-corrected chi connectivity index (χ3v) is 7.30. The Morgan fingerprint density at radius 3 is 2.46 bits per heavy atom. The van der Waals surface area contributed by atoms with Crippen LogP contribution in [0.4, 0.5) is 19.1 Å². The van der Waals surface area contributed by atoms with Gasteiger partial charge in [0.05, 0.1) is 21.3 Å². The Hall–Kier alpha value is -1.79. The fraction of sp³-hybridized carbons (Fsp3) is 0.562.